The first-order valence-electron chi connectivity index (χ1n) is 13.0. The van der Waals surface area contributed by atoms with Crippen molar-refractivity contribution in [1.29, 1.82) is 0 Å². The summed E-state index contributed by atoms with van der Waals surface area (Å²) in [7, 11) is 1.44. The maximum Gasteiger partial charge on any atom is 0.255 e. The van der Waals surface area contributed by atoms with Crippen LogP contribution in [0.2, 0.25) is 0 Å². The normalized spacial score (nSPS) is 14.0. The highest BCUT2D eigenvalue weighted by Crippen LogP contribution is 2.39. The fraction of sp³-hybridized carbons (Fsp3) is 0.156. The highest BCUT2D eigenvalue weighted by atomic mass is 19.1. The van der Waals surface area contributed by atoms with Crippen LogP contribution in [0.4, 0.5) is 8.78 Å². The van der Waals surface area contributed by atoms with Gasteiger partial charge in [0.15, 0.2) is 0 Å². The summed E-state index contributed by atoms with van der Waals surface area (Å²) in [4.78, 5) is 30.8. The van der Waals surface area contributed by atoms with Gasteiger partial charge in [-0.15, -0.1) is 0 Å². The van der Waals surface area contributed by atoms with Gasteiger partial charge in [0.1, 0.15) is 28.5 Å². The summed E-state index contributed by atoms with van der Waals surface area (Å²) < 4.78 is 41.2. The highest BCUT2D eigenvalue weighted by molar-refractivity contribution is 6.12. The van der Waals surface area contributed by atoms with Gasteiger partial charge in [0.05, 0.1) is 29.9 Å². The van der Waals surface area contributed by atoms with Crippen LogP contribution in [0, 0.1) is 18.6 Å². The number of aryl methyl sites for hydroxylation is 1. The standard InChI is InChI=1S/C32H25F2N3O4/c1-18-6-7-20(30(38)37-32(16-40-17-32)25-5-3-4-14-36-25)15-23(18)22-12-13-24-26(28(22)34)27(31(39)35-2)29(41-24)19-8-10-21(33)11-9-19/h3-15H,16-17H2,1-2H3,(H,35,39)(H,37,38). The van der Waals surface area contributed by atoms with Crippen molar-refractivity contribution in [3.8, 4) is 22.5 Å². The molecule has 0 spiro atoms. The average Bonchev–Trinajstić information content (AvgIpc) is 3.36. The Bertz CT molecular complexity index is 1800. The fourth-order valence-electron chi connectivity index (χ4n) is 5.08. The molecule has 1 aliphatic heterocycles. The Morgan fingerprint density at radius 2 is 1.71 bits per heavy atom. The number of hydrogen-bond acceptors (Lipinski definition) is 5. The average molecular weight is 554 g/mol. The van der Waals surface area contributed by atoms with E-state index in [2.05, 4.69) is 15.6 Å². The molecule has 6 rings (SSSR count). The Morgan fingerprint density at radius 1 is 0.927 bits per heavy atom. The summed E-state index contributed by atoms with van der Waals surface area (Å²) in [6, 6.07) is 19.1. The second-order valence-electron chi connectivity index (χ2n) is 9.97. The van der Waals surface area contributed by atoms with Gasteiger partial charge in [0.25, 0.3) is 11.8 Å². The van der Waals surface area contributed by atoms with E-state index >= 15 is 4.39 Å². The Balaban J connectivity index is 1.42. The molecule has 7 nitrogen and oxygen atoms in total. The van der Waals surface area contributed by atoms with E-state index in [1.807, 2.05) is 19.1 Å². The van der Waals surface area contributed by atoms with Gasteiger partial charge in [-0.3, -0.25) is 14.6 Å². The molecule has 0 atom stereocenters. The number of carbonyl (C=O) groups is 2. The second-order valence-corrected chi connectivity index (χ2v) is 9.97. The number of benzene rings is 3. The number of pyridine rings is 1. The van der Waals surface area contributed by atoms with Crippen LogP contribution in [0.3, 0.4) is 0 Å². The first kappa shape index (κ1) is 26.3. The number of carbonyl (C=O) groups excluding carboxylic acids is 2. The number of ether oxygens (including phenoxy) is 1. The van der Waals surface area contributed by atoms with Gasteiger partial charge in [-0.25, -0.2) is 8.78 Å². The molecule has 0 unspecified atom stereocenters. The van der Waals surface area contributed by atoms with Crippen molar-refractivity contribution in [3.05, 3.63) is 113 Å². The van der Waals surface area contributed by atoms with E-state index in [0.29, 0.717) is 35.6 Å². The lowest BCUT2D eigenvalue weighted by Crippen LogP contribution is -2.59. The number of halogens is 2. The number of aromatic nitrogens is 1. The van der Waals surface area contributed by atoms with Crippen molar-refractivity contribution in [2.45, 2.75) is 12.5 Å². The van der Waals surface area contributed by atoms with Crippen LogP contribution in [0.5, 0.6) is 0 Å². The predicted molar refractivity (Wildman–Crippen MR) is 149 cm³/mol. The predicted octanol–water partition coefficient (Wildman–Crippen LogP) is 5.76. The molecular formula is C32H25F2N3O4. The Morgan fingerprint density at radius 3 is 2.37 bits per heavy atom. The largest absolute Gasteiger partial charge is 0.455 e. The van der Waals surface area contributed by atoms with Crippen molar-refractivity contribution in [3.63, 3.8) is 0 Å². The number of amides is 2. The van der Waals surface area contributed by atoms with Gasteiger partial charge >= 0.3 is 0 Å². The number of furan rings is 1. The number of hydrogen-bond donors (Lipinski definition) is 2. The van der Waals surface area contributed by atoms with Gasteiger partial charge in [-0.1, -0.05) is 12.1 Å². The molecule has 2 N–H and O–H groups in total. The highest BCUT2D eigenvalue weighted by Gasteiger charge is 2.43. The molecule has 41 heavy (non-hydrogen) atoms. The van der Waals surface area contributed by atoms with Crippen LogP contribution in [0.15, 0.2) is 83.4 Å². The van der Waals surface area contributed by atoms with E-state index in [0.717, 1.165) is 5.56 Å². The molecule has 2 aromatic heterocycles. The molecule has 1 aliphatic rings. The van der Waals surface area contributed by atoms with Crippen LogP contribution in [0.25, 0.3) is 33.4 Å². The monoisotopic (exact) mass is 553 g/mol. The Hall–Kier alpha value is -4.89. The number of rotatable bonds is 6. The minimum Gasteiger partial charge on any atom is -0.455 e. The van der Waals surface area contributed by atoms with Crippen molar-refractivity contribution in [2.24, 2.45) is 0 Å². The zero-order valence-electron chi connectivity index (χ0n) is 22.3. The Labute approximate surface area is 234 Å². The summed E-state index contributed by atoms with van der Waals surface area (Å²) in [6.45, 7) is 2.40. The number of fused-ring (bicyclic) bond motifs is 1. The van der Waals surface area contributed by atoms with Gasteiger partial charge in [-0.05, 0) is 78.7 Å². The Kier molecular flexibility index (Phi) is 6.59. The maximum absolute atomic E-state index is 16.3. The summed E-state index contributed by atoms with van der Waals surface area (Å²) >= 11 is 0. The molecule has 1 saturated heterocycles. The van der Waals surface area contributed by atoms with E-state index in [1.165, 1.54) is 31.3 Å². The maximum atomic E-state index is 16.3. The molecule has 0 bridgehead atoms. The summed E-state index contributed by atoms with van der Waals surface area (Å²) in [6.07, 6.45) is 1.66. The van der Waals surface area contributed by atoms with E-state index in [-0.39, 0.29) is 33.8 Å². The van der Waals surface area contributed by atoms with E-state index < -0.39 is 23.1 Å². The van der Waals surface area contributed by atoms with Crippen molar-refractivity contribution in [2.75, 3.05) is 20.3 Å². The van der Waals surface area contributed by atoms with Gasteiger partial charge < -0.3 is 19.8 Å². The zero-order valence-corrected chi connectivity index (χ0v) is 22.3. The van der Waals surface area contributed by atoms with Crippen LogP contribution in [-0.2, 0) is 10.3 Å². The smallest absolute Gasteiger partial charge is 0.255 e. The molecule has 2 amide bonds. The van der Waals surface area contributed by atoms with E-state index in [4.69, 9.17) is 9.15 Å². The minimum absolute atomic E-state index is 0.00213. The summed E-state index contributed by atoms with van der Waals surface area (Å²) in [5, 5.41) is 5.58. The summed E-state index contributed by atoms with van der Waals surface area (Å²) in [5.74, 6) is -1.89. The van der Waals surface area contributed by atoms with Crippen molar-refractivity contribution >= 4 is 22.8 Å². The van der Waals surface area contributed by atoms with Crippen molar-refractivity contribution in [1.82, 2.24) is 15.6 Å². The first-order valence-corrected chi connectivity index (χ1v) is 13.0. The molecule has 0 saturated carbocycles. The van der Waals surface area contributed by atoms with E-state index in [9.17, 15) is 14.0 Å². The topological polar surface area (TPSA) is 93.5 Å². The lowest BCUT2D eigenvalue weighted by Gasteiger charge is -2.41. The molecule has 1 fully saturated rings. The second kappa shape index (κ2) is 10.3. The molecule has 9 heteroatoms. The van der Waals surface area contributed by atoms with E-state index in [1.54, 1.807) is 42.6 Å². The number of nitrogens with one attached hydrogen (secondary N) is 2. The third-order valence-corrected chi connectivity index (χ3v) is 7.35. The van der Waals surface area contributed by atoms with Gasteiger partial charge in [-0.2, -0.15) is 0 Å². The lowest BCUT2D eigenvalue weighted by atomic mass is 9.91. The lowest BCUT2D eigenvalue weighted by molar-refractivity contribution is -0.0755. The zero-order chi connectivity index (χ0) is 28.7. The molecular weight excluding hydrogens is 528 g/mol. The fourth-order valence-corrected chi connectivity index (χ4v) is 5.08. The molecule has 0 aliphatic carbocycles. The first-order chi connectivity index (χ1) is 19.8. The van der Waals surface area contributed by atoms with Gasteiger partial charge in [0.2, 0.25) is 0 Å². The quantitative estimate of drug-likeness (QED) is 0.279. The molecule has 3 heterocycles. The molecule has 5 aromatic rings. The van der Waals surface area contributed by atoms with Crippen LogP contribution in [0.1, 0.15) is 32.0 Å². The van der Waals surface area contributed by atoms with Crippen LogP contribution in [-0.4, -0.2) is 37.1 Å². The molecule has 3 aromatic carbocycles. The minimum atomic E-state index is -0.747. The third kappa shape index (κ3) is 4.54. The SMILES string of the molecule is CNC(=O)c1c(-c2ccc(F)cc2)oc2ccc(-c3cc(C(=O)NC4(c5ccccn5)COC4)ccc3C)c(F)c12. The van der Waals surface area contributed by atoms with Crippen LogP contribution < -0.4 is 10.6 Å². The molecule has 0 radical (unpaired) electrons. The summed E-state index contributed by atoms with van der Waals surface area (Å²) in [5.41, 5.74) is 2.30. The number of nitrogens with zero attached hydrogens (tertiary/aromatic N) is 1. The van der Waals surface area contributed by atoms with Gasteiger partial charge in [0, 0.05) is 29.9 Å². The van der Waals surface area contributed by atoms with Crippen LogP contribution >= 0.6 is 0 Å². The molecule has 206 valence electrons. The van der Waals surface area contributed by atoms with Crippen molar-refractivity contribution < 1.29 is 27.5 Å². The third-order valence-electron chi connectivity index (χ3n) is 7.35.